The fraction of sp³-hybridized carbons (Fsp3) is 0.594. The van der Waals surface area contributed by atoms with Crippen LogP contribution >= 0.6 is 0 Å². The number of ether oxygens (including phenoxy) is 1. The van der Waals surface area contributed by atoms with Crippen LogP contribution in [0.5, 0.6) is 0 Å². The Hall–Kier alpha value is -3.01. The highest BCUT2D eigenvalue weighted by Gasteiger charge is 2.29. The smallest absolute Gasteiger partial charge is 0.277 e. The number of anilines is 1. The van der Waals surface area contributed by atoms with E-state index in [2.05, 4.69) is 56.3 Å². The summed E-state index contributed by atoms with van der Waals surface area (Å²) in [6.45, 7) is 7.77. The summed E-state index contributed by atoms with van der Waals surface area (Å²) in [6, 6.07) is 9.61. The number of carbonyl (C=O) groups excluding carboxylic acids is 1. The standard InChI is InChI=1S/C32H46N6O3/c1-23(41-29-9-5-6-10-29)30(26-7-3-2-4-8-26)34-20-25-13-11-24(12-14-25)19-33-28-15-17-38(18-16-28)32-35-21-27(22-36-32)31(39)37-40/h11-14,21-22,26,28-30,33-34,40H,1-10,15-20H2,(H,37,39)/t30-/m1/s1. The third-order valence-corrected chi connectivity index (χ3v) is 9.01. The van der Waals surface area contributed by atoms with Crippen LogP contribution in [0.4, 0.5) is 5.95 Å². The first-order valence-electron chi connectivity index (χ1n) is 15.5. The molecule has 2 aliphatic carbocycles. The van der Waals surface area contributed by atoms with E-state index < -0.39 is 5.91 Å². The summed E-state index contributed by atoms with van der Waals surface area (Å²) in [6.07, 6.45) is 16.6. The molecule has 5 rings (SSSR count). The molecule has 1 atom stereocenters. The zero-order chi connectivity index (χ0) is 28.4. The molecule has 1 aromatic carbocycles. The Morgan fingerprint density at radius 1 is 0.927 bits per heavy atom. The first-order chi connectivity index (χ1) is 20.1. The van der Waals surface area contributed by atoms with E-state index in [-0.39, 0.29) is 11.6 Å². The number of hydroxylamine groups is 1. The molecule has 0 radical (unpaired) electrons. The second kappa shape index (κ2) is 14.8. The van der Waals surface area contributed by atoms with Crippen LogP contribution in [0.25, 0.3) is 0 Å². The maximum atomic E-state index is 11.5. The molecular formula is C32H46N6O3. The molecule has 2 aromatic rings. The minimum atomic E-state index is -0.609. The van der Waals surface area contributed by atoms with Crippen molar-refractivity contribution < 1.29 is 14.7 Å². The topological polar surface area (TPSA) is 112 Å². The molecular weight excluding hydrogens is 516 g/mol. The molecule has 0 spiro atoms. The third-order valence-electron chi connectivity index (χ3n) is 9.01. The van der Waals surface area contributed by atoms with E-state index in [1.165, 1.54) is 81.3 Å². The minimum Gasteiger partial charge on any atom is -0.494 e. The van der Waals surface area contributed by atoms with Crippen LogP contribution in [0.15, 0.2) is 49.0 Å². The maximum Gasteiger partial charge on any atom is 0.277 e. The average Bonchev–Trinajstić information content (AvgIpc) is 3.54. The Morgan fingerprint density at radius 3 is 2.17 bits per heavy atom. The number of hydrogen-bond acceptors (Lipinski definition) is 8. The lowest BCUT2D eigenvalue weighted by Gasteiger charge is -2.33. The van der Waals surface area contributed by atoms with Gasteiger partial charge in [-0.25, -0.2) is 15.4 Å². The lowest BCUT2D eigenvalue weighted by molar-refractivity contribution is 0.0705. The SMILES string of the molecule is C=C(OC1CCCC1)[C@@H](NCc1ccc(CNC2CCN(c3ncc(C(=O)NO)cn3)CC2)cc1)C1CCCCC1. The number of piperidine rings is 1. The highest BCUT2D eigenvalue weighted by Crippen LogP contribution is 2.32. The van der Waals surface area contributed by atoms with Crippen molar-refractivity contribution >= 4 is 11.9 Å². The van der Waals surface area contributed by atoms with Crippen molar-refractivity contribution in [2.75, 3.05) is 18.0 Å². The van der Waals surface area contributed by atoms with Crippen LogP contribution in [0.2, 0.25) is 0 Å². The first kappa shape index (κ1) is 29.5. The molecule has 3 aliphatic rings. The van der Waals surface area contributed by atoms with Gasteiger partial charge in [0.2, 0.25) is 5.95 Å². The molecule has 1 aromatic heterocycles. The fourth-order valence-corrected chi connectivity index (χ4v) is 6.52. The van der Waals surface area contributed by atoms with E-state index in [0.717, 1.165) is 44.8 Å². The zero-order valence-electron chi connectivity index (χ0n) is 24.2. The third kappa shape index (κ3) is 8.27. The number of amides is 1. The number of nitrogens with one attached hydrogen (secondary N) is 3. The van der Waals surface area contributed by atoms with Crippen LogP contribution in [0.3, 0.4) is 0 Å². The van der Waals surface area contributed by atoms with Crippen molar-refractivity contribution in [1.29, 1.82) is 0 Å². The van der Waals surface area contributed by atoms with Gasteiger partial charge >= 0.3 is 0 Å². The fourth-order valence-electron chi connectivity index (χ4n) is 6.52. The van der Waals surface area contributed by atoms with Gasteiger partial charge in [0, 0.05) is 44.6 Å². The summed E-state index contributed by atoms with van der Waals surface area (Å²) < 4.78 is 6.38. The van der Waals surface area contributed by atoms with E-state index >= 15 is 0 Å². The van der Waals surface area contributed by atoms with Crippen molar-refractivity contribution in [3.05, 3.63) is 65.7 Å². The Morgan fingerprint density at radius 2 is 1.54 bits per heavy atom. The van der Waals surface area contributed by atoms with E-state index in [9.17, 15) is 4.79 Å². The van der Waals surface area contributed by atoms with Gasteiger partial charge < -0.3 is 20.3 Å². The van der Waals surface area contributed by atoms with Gasteiger partial charge in [-0.3, -0.25) is 10.0 Å². The van der Waals surface area contributed by atoms with E-state index in [1.807, 2.05) is 0 Å². The van der Waals surface area contributed by atoms with Crippen LogP contribution in [0, 0.1) is 5.92 Å². The molecule has 1 aliphatic heterocycles. The first-order valence-corrected chi connectivity index (χ1v) is 15.5. The number of rotatable bonds is 12. The molecule has 2 heterocycles. The number of nitrogens with zero attached hydrogens (tertiary/aromatic N) is 3. The Bertz CT molecular complexity index is 1110. The predicted molar refractivity (Wildman–Crippen MR) is 159 cm³/mol. The van der Waals surface area contributed by atoms with Gasteiger partial charge in [-0.2, -0.15) is 0 Å². The summed E-state index contributed by atoms with van der Waals surface area (Å²) in [4.78, 5) is 22.2. The van der Waals surface area contributed by atoms with E-state index in [1.54, 1.807) is 5.48 Å². The highest BCUT2D eigenvalue weighted by atomic mass is 16.5. The van der Waals surface area contributed by atoms with Gasteiger partial charge in [0.15, 0.2) is 0 Å². The molecule has 1 amide bonds. The minimum absolute atomic E-state index is 0.228. The van der Waals surface area contributed by atoms with Crippen molar-refractivity contribution in [2.45, 2.75) is 102 Å². The summed E-state index contributed by atoms with van der Waals surface area (Å²) in [5.74, 6) is 1.57. The van der Waals surface area contributed by atoms with Gasteiger partial charge in [0.05, 0.1) is 17.7 Å². The van der Waals surface area contributed by atoms with Crippen molar-refractivity contribution in [1.82, 2.24) is 26.1 Å². The van der Waals surface area contributed by atoms with Crippen LogP contribution in [0.1, 0.15) is 92.1 Å². The molecule has 3 fully saturated rings. The number of carbonyl (C=O) groups is 1. The molecule has 0 unspecified atom stereocenters. The van der Waals surface area contributed by atoms with Gasteiger partial charge in [0.1, 0.15) is 5.76 Å². The van der Waals surface area contributed by atoms with Crippen molar-refractivity contribution in [3.8, 4) is 0 Å². The lowest BCUT2D eigenvalue weighted by Crippen LogP contribution is -2.43. The summed E-state index contributed by atoms with van der Waals surface area (Å²) in [5, 5.41) is 16.3. The quantitative estimate of drug-likeness (QED) is 0.165. The van der Waals surface area contributed by atoms with Crippen molar-refractivity contribution in [2.24, 2.45) is 5.92 Å². The Balaban J connectivity index is 1.06. The van der Waals surface area contributed by atoms with E-state index in [4.69, 9.17) is 9.94 Å². The molecule has 4 N–H and O–H groups in total. The number of aromatic nitrogens is 2. The molecule has 9 heteroatoms. The van der Waals surface area contributed by atoms with Gasteiger partial charge in [-0.1, -0.05) is 50.1 Å². The lowest BCUT2D eigenvalue weighted by atomic mass is 9.83. The van der Waals surface area contributed by atoms with Gasteiger partial charge in [0.25, 0.3) is 5.91 Å². The number of benzene rings is 1. The van der Waals surface area contributed by atoms with Crippen LogP contribution in [-0.2, 0) is 17.8 Å². The molecule has 41 heavy (non-hydrogen) atoms. The Kier molecular flexibility index (Phi) is 10.6. The second-order valence-corrected chi connectivity index (χ2v) is 11.9. The summed E-state index contributed by atoms with van der Waals surface area (Å²) in [7, 11) is 0. The normalized spacial score (nSPS) is 19.7. The summed E-state index contributed by atoms with van der Waals surface area (Å²) in [5.41, 5.74) is 4.41. The number of hydrogen-bond donors (Lipinski definition) is 4. The Labute approximate surface area is 244 Å². The molecule has 222 valence electrons. The van der Waals surface area contributed by atoms with Crippen LogP contribution < -0.4 is 21.0 Å². The molecule has 2 saturated carbocycles. The zero-order valence-corrected chi connectivity index (χ0v) is 24.2. The van der Waals surface area contributed by atoms with E-state index in [0.29, 0.717) is 24.0 Å². The second-order valence-electron chi connectivity index (χ2n) is 11.9. The molecule has 9 nitrogen and oxygen atoms in total. The van der Waals surface area contributed by atoms with Crippen molar-refractivity contribution in [3.63, 3.8) is 0 Å². The van der Waals surface area contributed by atoms with Crippen LogP contribution in [-0.4, -0.2) is 52.4 Å². The highest BCUT2D eigenvalue weighted by molar-refractivity contribution is 5.92. The van der Waals surface area contributed by atoms with Gasteiger partial charge in [-0.15, -0.1) is 0 Å². The molecule has 1 saturated heterocycles. The maximum absolute atomic E-state index is 11.5. The average molecular weight is 563 g/mol. The molecule has 0 bridgehead atoms. The van der Waals surface area contributed by atoms with Gasteiger partial charge in [-0.05, 0) is 68.4 Å². The predicted octanol–water partition coefficient (Wildman–Crippen LogP) is 4.87. The largest absolute Gasteiger partial charge is 0.494 e. The monoisotopic (exact) mass is 562 g/mol. The summed E-state index contributed by atoms with van der Waals surface area (Å²) >= 11 is 0.